The molecule has 1 N–H and O–H groups in total. The standard InChI is InChI=1S/C13H19FN4O/c1-17(8-9-18-6-4-15-5-7-18)13(19)12-3-2-11(14)10-16-12/h2-3,10,15H,4-9H2,1H3. The second kappa shape index (κ2) is 6.58. The van der Waals surface area contributed by atoms with E-state index < -0.39 is 5.82 Å². The van der Waals surface area contributed by atoms with Crippen molar-refractivity contribution in [1.82, 2.24) is 20.1 Å². The molecule has 2 rings (SSSR count). The van der Waals surface area contributed by atoms with Gasteiger partial charge in [0.15, 0.2) is 0 Å². The Morgan fingerprint density at radius 3 is 2.84 bits per heavy atom. The number of likely N-dealkylation sites (N-methyl/N-ethyl adjacent to an activating group) is 1. The van der Waals surface area contributed by atoms with Gasteiger partial charge in [-0.1, -0.05) is 0 Å². The Labute approximate surface area is 112 Å². The highest BCUT2D eigenvalue weighted by molar-refractivity contribution is 5.92. The molecule has 1 aliphatic rings. The van der Waals surface area contributed by atoms with E-state index in [1.54, 1.807) is 11.9 Å². The third-order valence-corrected chi connectivity index (χ3v) is 3.25. The fourth-order valence-electron chi connectivity index (χ4n) is 2.03. The number of hydrogen-bond donors (Lipinski definition) is 1. The number of carbonyl (C=O) groups excluding carboxylic acids is 1. The first-order valence-electron chi connectivity index (χ1n) is 6.47. The van der Waals surface area contributed by atoms with Crippen LogP contribution in [0.15, 0.2) is 18.3 Å². The van der Waals surface area contributed by atoms with Crippen molar-refractivity contribution in [2.75, 3.05) is 46.3 Å². The SMILES string of the molecule is CN(CCN1CCNCC1)C(=O)c1ccc(F)cn1. The predicted octanol–water partition coefficient (Wildman–Crippen LogP) is 0.198. The Morgan fingerprint density at radius 2 is 2.21 bits per heavy atom. The van der Waals surface area contributed by atoms with E-state index in [0.717, 1.165) is 38.9 Å². The highest BCUT2D eigenvalue weighted by Gasteiger charge is 2.15. The molecule has 19 heavy (non-hydrogen) atoms. The molecule has 1 aromatic rings. The number of nitrogens with zero attached hydrogens (tertiary/aromatic N) is 3. The normalized spacial score (nSPS) is 16.3. The van der Waals surface area contributed by atoms with E-state index >= 15 is 0 Å². The van der Waals surface area contributed by atoms with E-state index in [9.17, 15) is 9.18 Å². The summed E-state index contributed by atoms with van der Waals surface area (Å²) in [4.78, 5) is 19.8. The first kappa shape index (κ1) is 13.9. The van der Waals surface area contributed by atoms with Crippen LogP contribution in [0.3, 0.4) is 0 Å². The van der Waals surface area contributed by atoms with Crippen LogP contribution in [0.2, 0.25) is 0 Å². The molecule has 1 fully saturated rings. The number of nitrogens with one attached hydrogen (secondary N) is 1. The van der Waals surface area contributed by atoms with Gasteiger partial charge in [0.25, 0.3) is 5.91 Å². The average Bonchev–Trinajstić information content (AvgIpc) is 2.46. The fourth-order valence-corrected chi connectivity index (χ4v) is 2.03. The van der Waals surface area contributed by atoms with Crippen molar-refractivity contribution in [1.29, 1.82) is 0 Å². The van der Waals surface area contributed by atoms with Crippen molar-refractivity contribution in [2.45, 2.75) is 0 Å². The largest absolute Gasteiger partial charge is 0.339 e. The maximum atomic E-state index is 12.7. The highest BCUT2D eigenvalue weighted by atomic mass is 19.1. The Hall–Kier alpha value is -1.53. The van der Waals surface area contributed by atoms with Gasteiger partial charge >= 0.3 is 0 Å². The summed E-state index contributed by atoms with van der Waals surface area (Å²) in [6.45, 7) is 5.52. The van der Waals surface area contributed by atoms with E-state index in [-0.39, 0.29) is 11.6 Å². The number of pyridine rings is 1. The lowest BCUT2D eigenvalue weighted by Crippen LogP contribution is -2.46. The zero-order chi connectivity index (χ0) is 13.7. The maximum absolute atomic E-state index is 12.7. The molecule has 6 heteroatoms. The van der Waals surface area contributed by atoms with Crippen LogP contribution < -0.4 is 5.32 Å². The summed E-state index contributed by atoms with van der Waals surface area (Å²) >= 11 is 0. The van der Waals surface area contributed by atoms with Crippen LogP contribution in [0.4, 0.5) is 4.39 Å². The Kier molecular flexibility index (Phi) is 4.81. The Bertz CT molecular complexity index is 417. The van der Waals surface area contributed by atoms with Crippen LogP contribution >= 0.6 is 0 Å². The van der Waals surface area contributed by atoms with E-state index in [1.807, 2.05) is 0 Å². The van der Waals surface area contributed by atoms with Gasteiger partial charge in [-0.3, -0.25) is 9.69 Å². The number of aromatic nitrogens is 1. The Balaban J connectivity index is 1.83. The number of rotatable bonds is 4. The minimum Gasteiger partial charge on any atom is -0.339 e. The van der Waals surface area contributed by atoms with Crippen molar-refractivity contribution in [3.05, 3.63) is 29.8 Å². The minimum atomic E-state index is -0.431. The van der Waals surface area contributed by atoms with Crippen LogP contribution in [0.1, 0.15) is 10.5 Å². The van der Waals surface area contributed by atoms with E-state index in [1.165, 1.54) is 12.1 Å². The summed E-state index contributed by atoms with van der Waals surface area (Å²) in [5, 5.41) is 3.29. The number of hydrogen-bond acceptors (Lipinski definition) is 4. The summed E-state index contributed by atoms with van der Waals surface area (Å²) < 4.78 is 12.7. The van der Waals surface area contributed by atoms with Gasteiger partial charge in [-0.2, -0.15) is 0 Å². The third-order valence-electron chi connectivity index (χ3n) is 3.25. The molecule has 2 heterocycles. The molecule has 0 unspecified atom stereocenters. The van der Waals surface area contributed by atoms with Gasteiger partial charge in [0, 0.05) is 46.3 Å². The number of piperazine rings is 1. The molecule has 0 aromatic carbocycles. The second-order valence-electron chi connectivity index (χ2n) is 4.68. The molecule has 0 radical (unpaired) electrons. The fraction of sp³-hybridized carbons (Fsp3) is 0.538. The van der Waals surface area contributed by atoms with Crippen molar-refractivity contribution in [3.63, 3.8) is 0 Å². The van der Waals surface area contributed by atoms with Crippen LogP contribution in [0, 0.1) is 5.82 Å². The van der Waals surface area contributed by atoms with Crippen LogP contribution in [-0.4, -0.2) is 67.0 Å². The Morgan fingerprint density at radius 1 is 1.47 bits per heavy atom. The smallest absolute Gasteiger partial charge is 0.272 e. The molecular formula is C13H19FN4O. The highest BCUT2D eigenvalue weighted by Crippen LogP contribution is 2.02. The maximum Gasteiger partial charge on any atom is 0.272 e. The minimum absolute atomic E-state index is 0.171. The molecule has 1 aromatic heterocycles. The van der Waals surface area contributed by atoms with Gasteiger partial charge in [-0.05, 0) is 12.1 Å². The predicted molar refractivity (Wildman–Crippen MR) is 70.5 cm³/mol. The monoisotopic (exact) mass is 266 g/mol. The lowest BCUT2D eigenvalue weighted by Gasteiger charge is -2.29. The van der Waals surface area contributed by atoms with Crippen LogP contribution in [0.5, 0.6) is 0 Å². The molecule has 1 amide bonds. The molecule has 0 spiro atoms. The van der Waals surface area contributed by atoms with Gasteiger partial charge in [-0.15, -0.1) is 0 Å². The van der Waals surface area contributed by atoms with Crippen molar-refractivity contribution in [2.24, 2.45) is 0 Å². The molecule has 1 aliphatic heterocycles. The van der Waals surface area contributed by atoms with Gasteiger partial charge in [0.1, 0.15) is 11.5 Å². The zero-order valence-corrected chi connectivity index (χ0v) is 11.1. The molecule has 1 saturated heterocycles. The zero-order valence-electron chi connectivity index (χ0n) is 11.1. The number of halogens is 1. The third kappa shape index (κ3) is 3.97. The molecular weight excluding hydrogens is 247 g/mol. The molecule has 0 bridgehead atoms. The van der Waals surface area contributed by atoms with Crippen molar-refractivity contribution >= 4 is 5.91 Å². The first-order chi connectivity index (χ1) is 9.16. The van der Waals surface area contributed by atoms with Crippen LogP contribution in [0.25, 0.3) is 0 Å². The van der Waals surface area contributed by atoms with Gasteiger partial charge in [0.2, 0.25) is 0 Å². The van der Waals surface area contributed by atoms with Gasteiger partial charge < -0.3 is 10.2 Å². The topological polar surface area (TPSA) is 48.5 Å². The summed E-state index contributed by atoms with van der Waals surface area (Å²) in [5.74, 6) is -0.602. The van der Waals surface area contributed by atoms with E-state index in [2.05, 4.69) is 15.2 Å². The molecule has 5 nitrogen and oxygen atoms in total. The number of amides is 1. The summed E-state index contributed by atoms with van der Waals surface area (Å²) in [6.07, 6.45) is 1.07. The summed E-state index contributed by atoms with van der Waals surface area (Å²) in [6, 6.07) is 2.67. The lowest BCUT2D eigenvalue weighted by atomic mass is 10.3. The van der Waals surface area contributed by atoms with E-state index in [4.69, 9.17) is 0 Å². The average molecular weight is 266 g/mol. The molecule has 104 valence electrons. The number of carbonyl (C=O) groups is 1. The molecule has 0 atom stereocenters. The molecule has 0 saturated carbocycles. The quantitative estimate of drug-likeness (QED) is 0.845. The summed E-state index contributed by atoms with van der Waals surface area (Å²) in [7, 11) is 1.75. The van der Waals surface area contributed by atoms with E-state index in [0.29, 0.717) is 6.54 Å². The van der Waals surface area contributed by atoms with Crippen molar-refractivity contribution in [3.8, 4) is 0 Å². The van der Waals surface area contributed by atoms with Gasteiger partial charge in [0.05, 0.1) is 6.20 Å². The van der Waals surface area contributed by atoms with Crippen molar-refractivity contribution < 1.29 is 9.18 Å². The second-order valence-corrected chi connectivity index (χ2v) is 4.68. The van der Waals surface area contributed by atoms with Crippen LogP contribution in [-0.2, 0) is 0 Å². The lowest BCUT2D eigenvalue weighted by molar-refractivity contribution is 0.0769. The summed E-state index contributed by atoms with van der Waals surface area (Å²) in [5.41, 5.74) is 0.282. The molecule has 0 aliphatic carbocycles. The van der Waals surface area contributed by atoms with Gasteiger partial charge in [-0.25, -0.2) is 9.37 Å². The first-order valence-corrected chi connectivity index (χ1v) is 6.47.